The average molecular weight is 274 g/mol. The maximum absolute atomic E-state index is 11.3. The highest BCUT2D eigenvalue weighted by molar-refractivity contribution is 6.06. The van der Waals surface area contributed by atoms with Crippen molar-refractivity contribution >= 4 is 17.9 Å². The predicted octanol–water partition coefficient (Wildman–Crippen LogP) is 1.73. The molecular formula is C15H18N2O3. The van der Waals surface area contributed by atoms with E-state index in [2.05, 4.69) is 10.5 Å². The van der Waals surface area contributed by atoms with Crippen LogP contribution in [-0.2, 0) is 15.0 Å². The number of nitrogens with zero attached hydrogens (tertiary/aromatic N) is 1. The van der Waals surface area contributed by atoms with E-state index in [-0.39, 0.29) is 17.6 Å². The van der Waals surface area contributed by atoms with Gasteiger partial charge in [0.25, 0.3) is 0 Å². The van der Waals surface area contributed by atoms with Gasteiger partial charge in [-0.25, -0.2) is 5.43 Å². The van der Waals surface area contributed by atoms with Gasteiger partial charge in [0.1, 0.15) is 12.0 Å². The second-order valence-corrected chi connectivity index (χ2v) is 5.75. The number of rotatable bonds is 3. The minimum Gasteiger partial charge on any atom is -0.508 e. The lowest BCUT2D eigenvalue weighted by Gasteiger charge is -2.22. The molecule has 5 nitrogen and oxygen atoms in total. The van der Waals surface area contributed by atoms with Crippen LogP contribution in [0, 0.1) is 5.92 Å². The molecule has 1 aliphatic rings. The van der Waals surface area contributed by atoms with Crippen molar-refractivity contribution in [3.05, 3.63) is 29.3 Å². The maximum Gasteiger partial charge on any atom is 0.240 e. The van der Waals surface area contributed by atoms with Gasteiger partial charge in [0.2, 0.25) is 5.91 Å². The Bertz CT molecular complexity index is 591. The number of phenolic OH excluding ortho intramolecular Hbond substituents is 1. The van der Waals surface area contributed by atoms with Crippen LogP contribution < -0.4 is 5.43 Å². The first kappa shape index (κ1) is 14.2. The number of amides is 1. The summed E-state index contributed by atoms with van der Waals surface area (Å²) in [7, 11) is 0. The van der Waals surface area contributed by atoms with E-state index in [4.69, 9.17) is 0 Å². The van der Waals surface area contributed by atoms with E-state index in [0.29, 0.717) is 17.7 Å². The Balaban J connectivity index is 2.48. The Morgan fingerprint density at radius 3 is 2.70 bits per heavy atom. The number of nitrogens with one attached hydrogen (secondary N) is 1. The van der Waals surface area contributed by atoms with Crippen molar-refractivity contribution in [1.82, 2.24) is 5.43 Å². The normalized spacial score (nSPS) is 19.2. The number of carbonyl (C=O) groups is 2. The molecule has 0 spiro atoms. The van der Waals surface area contributed by atoms with E-state index in [1.165, 1.54) is 0 Å². The van der Waals surface area contributed by atoms with E-state index in [0.717, 1.165) is 11.8 Å². The van der Waals surface area contributed by atoms with Gasteiger partial charge in [0.05, 0.1) is 5.71 Å². The van der Waals surface area contributed by atoms with E-state index in [1.807, 2.05) is 13.0 Å². The molecule has 1 atom stereocenters. The summed E-state index contributed by atoms with van der Waals surface area (Å²) in [5, 5.41) is 13.9. The molecule has 1 unspecified atom stereocenters. The molecule has 1 amide bonds. The molecule has 1 aromatic rings. The zero-order valence-corrected chi connectivity index (χ0v) is 11.8. The number of aldehydes is 1. The number of carbonyl (C=O) groups excluding carboxylic acids is 2. The minimum atomic E-state index is -0.685. The smallest absolute Gasteiger partial charge is 0.240 e. The van der Waals surface area contributed by atoms with Gasteiger partial charge in [-0.05, 0) is 37.6 Å². The number of hydrogen-bond donors (Lipinski definition) is 2. The van der Waals surface area contributed by atoms with Gasteiger partial charge < -0.3 is 9.90 Å². The van der Waals surface area contributed by atoms with E-state index < -0.39 is 5.41 Å². The average Bonchev–Trinajstić information content (AvgIpc) is 2.38. The highest BCUT2D eigenvalue weighted by Gasteiger charge is 2.25. The molecule has 0 fully saturated rings. The van der Waals surface area contributed by atoms with Crippen LogP contribution in [-0.4, -0.2) is 23.0 Å². The summed E-state index contributed by atoms with van der Waals surface area (Å²) < 4.78 is 0. The van der Waals surface area contributed by atoms with Crippen LogP contribution in [0.25, 0.3) is 0 Å². The molecule has 2 N–H and O–H groups in total. The number of aromatic hydroxyl groups is 1. The Morgan fingerprint density at radius 1 is 1.40 bits per heavy atom. The first-order valence-corrected chi connectivity index (χ1v) is 6.51. The molecule has 1 aliphatic heterocycles. The highest BCUT2D eigenvalue weighted by atomic mass is 16.3. The molecule has 0 radical (unpaired) electrons. The summed E-state index contributed by atoms with van der Waals surface area (Å²) >= 11 is 0. The largest absolute Gasteiger partial charge is 0.508 e. The van der Waals surface area contributed by atoms with Gasteiger partial charge in [-0.2, -0.15) is 5.10 Å². The molecule has 0 bridgehead atoms. The molecule has 0 aliphatic carbocycles. The predicted molar refractivity (Wildman–Crippen MR) is 75.7 cm³/mol. The summed E-state index contributed by atoms with van der Waals surface area (Å²) in [6.45, 7) is 5.48. The summed E-state index contributed by atoms with van der Waals surface area (Å²) in [5.41, 5.74) is 3.92. The maximum atomic E-state index is 11.3. The Kier molecular flexibility index (Phi) is 3.61. The fourth-order valence-electron chi connectivity index (χ4n) is 2.20. The van der Waals surface area contributed by atoms with Crippen molar-refractivity contribution < 1.29 is 14.7 Å². The van der Waals surface area contributed by atoms with Crippen molar-refractivity contribution in [2.45, 2.75) is 32.6 Å². The lowest BCUT2D eigenvalue weighted by atomic mass is 9.83. The van der Waals surface area contributed by atoms with Crippen LogP contribution >= 0.6 is 0 Å². The van der Waals surface area contributed by atoms with Gasteiger partial charge >= 0.3 is 0 Å². The molecule has 106 valence electrons. The summed E-state index contributed by atoms with van der Waals surface area (Å²) in [6.07, 6.45) is 1.21. The van der Waals surface area contributed by atoms with E-state index in [9.17, 15) is 14.7 Å². The molecule has 1 heterocycles. The molecule has 0 aromatic heterocycles. The third-order valence-corrected chi connectivity index (χ3v) is 3.51. The molecule has 1 aromatic carbocycles. The Morgan fingerprint density at radius 2 is 2.10 bits per heavy atom. The fraction of sp³-hybridized carbons (Fsp3) is 0.400. The van der Waals surface area contributed by atoms with Crippen molar-refractivity contribution in [1.29, 1.82) is 0 Å². The zero-order valence-electron chi connectivity index (χ0n) is 11.8. The first-order valence-electron chi connectivity index (χ1n) is 6.51. The minimum absolute atomic E-state index is 0.0299. The lowest BCUT2D eigenvalue weighted by Crippen LogP contribution is -2.32. The third kappa shape index (κ3) is 2.71. The summed E-state index contributed by atoms with van der Waals surface area (Å²) in [5.74, 6) is -0.0631. The van der Waals surface area contributed by atoms with E-state index >= 15 is 0 Å². The van der Waals surface area contributed by atoms with Crippen molar-refractivity contribution in [2.75, 3.05) is 0 Å². The van der Waals surface area contributed by atoms with Crippen LogP contribution in [0.4, 0.5) is 0 Å². The van der Waals surface area contributed by atoms with Gasteiger partial charge in [-0.3, -0.25) is 4.79 Å². The quantitative estimate of drug-likeness (QED) is 0.824. The summed E-state index contributed by atoms with van der Waals surface area (Å²) in [4.78, 5) is 22.4. The molecule has 0 saturated heterocycles. The van der Waals surface area contributed by atoms with Crippen molar-refractivity contribution in [3.8, 4) is 5.75 Å². The highest BCUT2D eigenvalue weighted by Crippen LogP contribution is 2.28. The van der Waals surface area contributed by atoms with Crippen molar-refractivity contribution in [2.24, 2.45) is 11.0 Å². The van der Waals surface area contributed by atoms with Crippen LogP contribution in [0.1, 0.15) is 38.3 Å². The molecule has 20 heavy (non-hydrogen) atoms. The van der Waals surface area contributed by atoms with E-state index in [1.54, 1.807) is 26.0 Å². The molecule has 5 heteroatoms. The summed E-state index contributed by atoms with van der Waals surface area (Å²) in [6, 6.07) is 5.00. The molecule has 0 saturated carbocycles. The second kappa shape index (κ2) is 5.07. The topological polar surface area (TPSA) is 78.8 Å². The van der Waals surface area contributed by atoms with Gasteiger partial charge in [-0.1, -0.05) is 6.92 Å². The number of hydrogen-bond acceptors (Lipinski definition) is 4. The SMILES string of the molecule is CC1CC(=O)NN=C1c1cc(O)cc(C(C)(C)C=O)c1. The molecule has 2 rings (SSSR count). The lowest BCUT2D eigenvalue weighted by molar-refractivity contribution is -0.121. The van der Waals surface area contributed by atoms with Gasteiger partial charge in [0, 0.05) is 23.3 Å². The zero-order chi connectivity index (χ0) is 14.9. The van der Waals surface area contributed by atoms with Gasteiger partial charge in [0.15, 0.2) is 0 Å². The number of hydrazone groups is 1. The number of phenols is 1. The van der Waals surface area contributed by atoms with Crippen LogP contribution in [0.2, 0.25) is 0 Å². The molecular weight excluding hydrogens is 256 g/mol. The van der Waals surface area contributed by atoms with Crippen LogP contribution in [0.3, 0.4) is 0 Å². The third-order valence-electron chi connectivity index (χ3n) is 3.51. The second-order valence-electron chi connectivity index (χ2n) is 5.75. The van der Waals surface area contributed by atoms with Gasteiger partial charge in [-0.15, -0.1) is 0 Å². The first-order chi connectivity index (χ1) is 9.33. The van der Waals surface area contributed by atoms with Crippen LogP contribution in [0.15, 0.2) is 23.3 Å². The fourth-order valence-corrected chi connectivity index (χ4v) is 2.20. The standard InChI is InChI=1S/C15H18N2O3/c1-9-4-13(20)16-17-14(9)10-5-11(7-12(19)6-10)15(2,3)8-18/h5-9,19H,4H2,1-3H3,(H,16,20). The van der Waals surface area contributed by atoms with Crippen LogP contribution in [0.5, 0.6) is 5.75 Å². The Labute approximate surface area is 117 Å². The number of benzene rings is 1. The monoisotopic (exact) mass is 274 g/mol. The Hall–Kier alpha value is -2.17. The van der Waals surface area contributed by atoms with Crippen molar-refractivity contribution in [3.63, 3.8) is 0 Å².